The van der Waals surface area contributed by atoms with Gasteiger partial charge in [0.2, 0.25) is 5.89 Å². The van der Waals surface area contributed by atoms with Gasteiger partial charge in [0.05, 0.1) is 19.0 Å². The summed E-state index contributed by atoms with van der Waals surface area (Å²) in [4.78, 5) is 5.61. The average molecular weight is 370 g/mol. The molecule has 21 heavy (non-hydrogen) atoms. The maximum atomic E-state index is 5.42. The van der Waals surface area contributed by atoms with Crippen LogP contribution in [0.2, 0.25) is 0 Å². The fraction of sp³-hybridized carbons (Fsp3) is 0.429. The zero-order chi connectivity index (χ0) is 14.5. The molecule has 3 rings (SSSR count). The van der Waals surface area contributed by atoms with Gasteiger partial charge in [-0.2, -0.15) is 4.98 Å². The third-order valence-corrected chi connectivity index (χ3v) is 5.15. The molecule has 1 aromatic heterocycles. The molecule has 1 atom stereocenters. The molecule has 112 valence electrons. The van der Waals surface area contributed by atoms with Gasteiger partial charge < -0.3 is 14.6 Å². The van der Waals surface area contributed by atoms with Gasteiger partial charge in [0.1, 0.15) is 0 Å². The van der Waals surface area contributed by atoms with Gasteiger partial charge in [-0.1, -0.05) is 17.3 Å². The number of halogens is 1. The van der Waals surface area contributed by atoms with Gasteiger partial charge in [0, 0.05) is 28.4 Å². The lowest BCUT2D eigenvalue weighted by Gasteiger charge is -2.22. The molecule has 1 aliphatic heterocycles. The quantitative estimate of drug-likeness (QED) is 0.817. The molecule has 0 radical (unpaired) electrons. The number of aromatic nitrogens is 2. The highest BCUT2D eigenvalue weighted by Gasteiger charge is 2.17. The van der Waals surface area contributed by atoms with Gasteiger partial charge in [-0.05, 0) is 28.1 Å². The second kappa shape index (κ2) is 7.40. The van der Waals surface area contributed by atoms with Crippen LogP contribution in [0.4, 0.5) is 0 Å². The predicted octanol–water partition coefficient (Wildman–Crippen LogP) is 2.66. The van der Waals surface area contributed by atoms with Crippen LogP contribution in [-0.4, -0.2) is 35.9 Å². The Morgan fingerprint density at radius 2 is 2.29 bits per heavy atom. The molecule has 1 fully saturated rings. The van der Waals surface area contributed by atoms with Crippen molar-refractivity contribution < 1.29 is 9.26 Å². The number of rotatable bonds is 5. The van der Waals surface area contributed by atoms with Crippen molar-refractivity contribution in [2.24, 2.45) is 0 Å². The summed E-state index contributed by atoms with van der Waals surface area (Å²) in [7, 11) is 0. The van der Waals surface area contributed by atoms with E-state index in [2.05, 4.69) is 37.5 Å². The van der Waals surface area contributed by atoms with Crippen LogP contribution in [0.15, 0.2) is 38.2 Å². The van der Waals surface area contributed by atoms with E-state index in [1.54, 1.807) is 11.8 Å². The van der Waals surface area contributed by atoms with E-state index >= 15 is 0 Å². The van der Waals surface area contributed by atoms with Crippen molar-refractivity contribution in [3.63, 3.8) is 0 Å². The van der Waals surface area contributed by atoms with Crippen molar-refractivity contribution in [3.05, 3.63) is 40.5 Å². The average Bonchev–Trinajstić information content (AvgIpc) is 2.95. The monoisotopic (exact) mass is 369 g/mol. The Labute approximate surface area is 136 Å². The number of ether oxygens (including phenoxy) is 1. The van der Waals surface area contributed by atoms with E-state index in [0.29, 0.717) is 24.7 Å². The molecule has 0 bridgehead atoms. The van der Waals surface area contributed by atoms with E-state index in [-0.39, 0.29) is 6.04 Å². The number of hydrogen-bond acceptors (Lipinski definition) is 6. The van der Waals surface area contributed by atoms with Gasteiger partial charge in [-0.3, -0.25) is 0 Å². The largest absolute Gasteiger partial charge is 0.378 e. The van der Waals surface area contributed by atoms with Crippen LogP contribution >= 0.6 is 27.7 Å². The summed E-state index contributed by atoms with van der Waals surface area (Å²) < 4.78 is 11.8. The van der Waals surface area contributed by atoms with E-state index in [1.807, 2.05) is 18.2 Å². The Kier molecular flexibility index (Phi) is 5.29. The summed E-state index contributed by atoms with van der Waals surface area (Å²) in [5.41, 5.74) is 0. The summed E-state index contributed by atoms with van der Waals surface area (Å²) in [5, 5.41) is 7.41. The fourth-order valence-electron chi connectivity index (χ4n) is 2.10. The zero-order valence-corrected chi connectivity index (χ0v) is 13.8. The summed E-state index contributed by atoms with van der Waals surface area (Å²) in [6, 6.07) is 8.38. The fourth-order valence-corrected chi connectivity index (χ4v) is 3.51. The second-order valence-electron chi connectivity index (χ2n) is 4.75. The minimum absolute atomic E-state index is 0.267. The van der Waals surface area contributed by atoms with E-state index in [9.17, 15) is 0 Å². The summed E-state index contributed by atoms with van der Waals surface area (Å²) >= 11 is 5.22. The number of thioether (sulfide) groups is 1. The molecule has 1 unspecified atom stereocenters. The highest BCUT2D eigenvalue weighted by molar-refractivity contribution is 9.10. The SMILES string of the molecule is Brc1ccccc1SCc1noc(CC2COCCN2)n1. The molecule has 0 amide bonds. The van der Waals surface area contributed by atoms with Crippen LogP contribution in [0.1, 0.15) is 11.7 Å². The van der Waals surface area contributed by atoms with Gasteiger partial charge in [-0.25, -0.2) is 0 Å². The molecular weight excluding hydrogens is 354 g/mol. The summed E-state index contributed by atoms with van der Waals surface area (Å²) in [5.74, 6) is 2.09. The normalized spacial score (nSPS) is 18.8. The standard InChI is InChI=1S/C14H16BrN3O2S/c15-11-3-1-2-4-12(11)21-9-13-17-14(20-18-13)7-10-8-19-6-5-16-10/h1-4,10,16H,5-9H2. The number of hydrogen-bond donors (Lipinski definition) is 1. The Hall–Kier alpha value is -0.890. The molecule has 1 aliphatic rings. The van der Waals surface area contributed by atoms with Gasteiger partial charge in [-0.15, -0.1) is 11.8 Å². The van der Waals surface area contributed by atoms with Gasteiger partial charge in [0.25, 0.3) is 0 Å². The maximum absolute atomic E-state index is 5.42. The number of benzene rings is 1. The van der Waals surface area contributed by atoms with Crippen LogP contribution in [0.5, 0.6) is 0 Å². The molecule has 7 heteroatoms. The molecule has 2 heterocycles. The van der Waals surface area contributed by atoms with Crippen molar-refractivity contribution in [1.82, 2.24) is 15.5 Å². The third kappa shape index (κ3) is 4.29. The lowest BCUT2D eigenvalue weighted by atomic mass is 10.2. The summed E-state index contributed by atoms with van der Waals surface area (Å²) in [6.07, 6.45) is 0.715. The Morgan fingerprint density at radius 3 is 3.10 bits per heavy atom. The summed E-state index contributed by atoms with van der Waals surface area (Å²) in [6.45, 7) is 2.35. The first kappa shape index (κ1) is 15.0. The van der Waals surface area contributed by atoms with Crippen LogP contribution in [0, 0.1) is 0 Å². The molecule has 0 aliphatic carbocycles. The van der Waals surface area contributed by atoms with Crippen molar-refractivity contribution in [2.45, 2.75) is 23.1 Å². The predicted molar refractivity (Wildman–Crippen MR) is 84.3 cm³/mol. The second-order valence-corrected chi connectivity index (χ2v) is 6.63. The van der Waals surface area contributed by atoms with Gasteiger partial charge in [0.15, 0.2) is 5.82 Å². The Bertz CT molecular complexity index is 587. The molecule has 0 spiro atoms. The first-order valence-electron chi connectivity index (χ1n) is 6.81. The van der Waals surface area contributed by atoms with Crippen molar-refractivity contribution in [3.8, 4) is 0 Å². The first-order valence-corrected chi connectivity index (χ1v) is 8.59. The number of morpholine rings is 1. The van der Waals surface area contributed by atoms with Crippen molar-refractivity contribution in [1.29, 1.82) is 0 Å². The third-order valence-electron chi connectivity index (χ3n) is 3.12. The molecule has 0 saturated carbocycles. The molecule has 1 N–H and O–H groups in total. The minimum Gasteiger partial charge on any atom is -0.378 e. The molecule has 5 nitrogen and oxygen atoms in total. The lowest BCUT2D eigenvalue weighted by molar-refractivity contribution is 0.0744. The van der Waals surface area contributed by atoms with Crippen molar-refractivity contribution in [2.75, 3.05) is 19.8 Å². The van der Waals surface area contributed by atoms with E-state index < -0.39 is 0 Å². The van der Waals surface area contributed by atoms with E-state index in [4.69, 9.17) is 9.26 Å². The molecule has 1 saturated heterocycles. The number of nitrogens with zero attached hydrogens (tertiary/aromatic N) is 2. The molecule has 2 aromatic rings. The lowest BCUT2D eigenvalue weighted by Crippen LogP contribution is -2.42. The highest BCUT2D eigenvalue weighted by Crippen LogP contribution is 2.28. The van der Waals surface area contributed by atoms with Crippen LogP contribution in [-0.2, 0) is 16.9 Å². The van der Waals surface area contributed by atoms with E-state index in [1.165, 1.54) is 4.90 Å². The molecule has 1 aromatic carbocycles. The van der Waals surface area contributed by atoms with Crippen LogP contribution in [0.25, 0.3) is 0 Å². The van der Waals surface area contributed by atoms with Crippen molar-refractivity contribution >= 4 is 27.7 Å². The topological polar surface area (TPSA) is 60.2 Å². The van der Waals surface area contributed by atoms with Gasteiger partial charge >= 0.3 is 0 Å². The molecular formula is C14H16BrN3O2S. The maximum Gasteiger partial charge on any atom is 0.228 e. The number of nitrogens with one attached hydrogen (secondary N) is 1. The zero-order valence-electron chi connectivity index (χ0n) is 11.4. The smallest absolute Gasteiger partial charge is 0.228 e. The Morgan fingerprint density at radius 1 is 1.38 bits per heavy atom. The first-order chi connectivity index (χ1) is 10.3. The van der Waals surface area contributed by atoms with Crippen LogP contribution in [0.3, 0.4) is 0 Å². The Balaban J connectivity index is 1.54. The minimum atomic E-state index is 0.267. The highest BCUT2D eigenvalue weighted by atomic mass is 79.9. The van der Waals surface area contributed by atoms with Crippen LogP contribution < -0.4 is 5.32 Å². The van der Waals surface area contributed by atoms with E-state index in [0.717, 1.165) is 23.4 Å².